The van der Waals surface area contributed by atoms with Crippen molar-refractivity contribution in [3.8, 4) is 17.2 Å². The molecule has 8 heteroatoms. The van der Waals surface area contributed by atoms with Crippen LogP contribution in [-0.4, -0.2) is 58.6 Å². The highest BCUT2D eigenvalue weighted by molar-refractivity contribution is 6.08. The number of benzene rings is 1. The van der Waals surface area contributed by atoms with E-state index < -0.39 is 17.8 Å². The van der Waals surface area contributed by atoms with Crippen molar-refractivity contribution < 1.29 is 33.3 Å². The van der Waals surface area contributed by atoms with Crippen molar-refractivity contribution in [2.24, 2.45) is 10.9 Å². The molecule has 1 unspecified atom stereocenters. The molecule has 0 amide bonds. The largest absolute Gasteiger partial charge is 0.493 e. The molecule has 1 aromatic carbocycles. The number of nitrogens with zero attached hydrogens (tertiary/aromatic N) is 1. The summed E-state index contributed by atoms with van der Waals surface area (Å²) in [4.78, 5) is 30.9. The number of methoxy groups -OCH3 is 3. The molecule has 0 saturated heterocycles. The third-order valence-corrected chi connectivity index (χ3v) is 5.81. The van der Waals surface area contributed by atoms with Crippen molar-refractivity contribution in [2.75, 3.05) is 41.2 Å². The van der Waals surface area contributed by atoms with Gasteiger partial charge in [-0.05, 0) is 44.4 Å². The van der Waals surface area contributed by atoms with Crippen LogP contribution < -0.4 is 14.2 Å². The fraction of sp³-hybridized carbons (Fsp3) is 0.542. The molecule has 32 heavy (non-hydrogen) atoms. The number of rotatable bonds is 9. The Labute approximate surface area is 188 Å². The van der Waals surface area contributed by atoms with Crippen LogP contribution in [0, 0.1) is 5.92 Å². The topological polar surface area (TPSA) is 92.7 Å². The number of carbonyl (C=O) groups is 2. The lowest BCUT2D eigenvalue weighted by Crippen LogP contribution is -2.37. The van der Waals surface area contributed by atoms with Gasteiger partial charge in [0.05, 0.1) is 27.9 Å². The maximum Gasteiger partial charge on any atom is 0.315 e. The Bertz CT molecular complexity index is 909. The van der Waals surface area contributed by atoms with Gasteiger partial charge in [0.25, 0.3) is 0 Å². The molecule has 0 radical (unpaired) electrons. The molecular formula is C24H31NO7. The minimum Gasteiger partial charge on any atom is -0.493 e. The third kappa shape index (κ3) is 4.65. The van der Waals surface area contributed by atoms with E-state index in [1.54, 1.807) is 12.1 Å². The van der Waals surface area contributed by atoms with Gasteiger partial charge in [-0.25, -0.2) is 0 Å². The number of aliphatic imine (C=N–C) groups is 1. The lowest BCUT2D eigenvalue weighted by molar-refractivity contribution is -0.148. The second-order valence-electron chi connectivity index (χ2n) is 7.67. The Morgan fingerprint density at radius 1 is 1.06 bits per heavy atom. The van der Waals surface area contributed by atoms with Crippen LogP contribution in [-0.2, 0) is 19.1 Å². The highest BCUT2D eigenvalue weighted by Gasteiger charge is 2.43. The molecule has 0 bridgehead atoms. The lowest BCUT2D eigenvalue weighted by atomic mass is 9.71. The van der Waals surface area contributed by atoms with Crippen LogP contribution in [0.2, 0.25) is 0 Å². The number of ketones is 1. The highest BCUT2D eigenvalue weighted by atomic mass is 16.6. The molecule has 0 N–H and O–H groups in total. The van der Waals surface area contributed by atoms with E-state index in [1.165, 1.54) is 21.3 Å². The third-order valence-electron chi connectivity index (χ3n) is 5.81. The standard InChI is InChI=1S/C24H31NO7/c1-6-31-10-11-32-24(27)20-14(2)25-16-8-7-9-17(26)22(16)21(20)15-12-18(28-3)23(30-5)19(13-15)29-4/h12-13,20-21H,6-11H2,1-5H3/t20?,21-/m0/s1. The van der Waals surface area contributed by atoms with Crippen molar-refractivity contribution in [3.05, 3.63) is 29.0 Å². The van der Waals surface area contributed by atoms with Crippen LogP contribution in [0.25, 0.3) is 0 Å². The second kappa shape index (κ2) is 10.6. The van der Waals surface area contributed by atoms with Gasteiger partial charge in [0, 0.05) is 35.9 Å². The molecule has 3 rings (SSSR count). The molecule has 1 heterocycles. The molecule has 0 fully saturated rings. The van der Waals surface area contributed by atoms with E-state index in [4.69, 9.17) is 23.7 Å². The normalized spacial score (nSPS) is 20.4. The zero-order valence-electron chi connectivity index (χ0n) is 19.4. The first-order chi connectivity index (χ1) is 15.5. The average Bonchev–Trinajstić information content (AvgIpc) is 2.79. The number of hydrogen-bond donors (Lipinski definition) is 0. The molecule has 2 aliphatic rings. The predicted molar refractivity (Wildman–Crippen MR) is 119 cm³/mol. The van der Waals surface area contributed by atoms with E-state index in [1.807, 2.05) is 13.8 Å². The fourth-order valence-electron chi connectivity index (χ4n) is 4.39. The van der Waals surface area contributed by atoms with Crippen LogP contribution in [0.3, 0.4) is 0 Å². The molecule has 1 aliphatic heterocycles. The number of hydrogen-bond acceptors (Lipinski definition) is 8. The first-order valence-electron chi connectivity index (χ1n) is 10.8. The summed E-state index contributed by atoms with van der Waals surface area (Å²) < 4.78 is 27.3. The number of carbonyl (C=O) groups excluding carboxylic acids is 2. The zero-order chi connectivity index (χ0) is 23.3. The molecule has 1 aliphatic carbocycles. The molecule has 0 spiro atoms. The summed E-state index contributed by atoms with van der Waals surface area (Å²) in [5.41, 5.74) is 2.65. The van der Waals surface area contributed by atoms with Gasteiger partial charge in [-0.15, -0.1) is 0 Å². The summed E-state index contributed by atoms with van der Waals surface area (Å²) in [6, 6.07) is 3.58. The maximum atomic E-state index is 13.2. The molecule has 0 aromatic heterocycles. The van der Waals surface area contributed by atoms with Gasteiger partial charge >= 0.3 is 5.97 Å². The number of Topliss-reactive ketones (excluding diaryl/α,β-unsaturated/α-hetero) is 1. The average molecular weight is 446 g/mol. The smallest absolute Gasteiger partial charge is 0.315 e. The van der Waals surface area contributed by atoms with E-state index >= 15 is 0 Å². The second-order valence-corrected chi connectivity index (χ2v) is 7.67. The minimum absolute atomic E-state index is 0.00775. The lowest BCUT2D eigenvalue weighted by Gasteiger charge is -2.34. The van der Waals surface area contributed by atoms with E-state index in [9.17, 15) is 9.59 Å². The van der Waals surface area contributed by atoms with Gasteiger partial charge < -0.3 is 23.7 Å². The van der Waals surface area contributed by atoms with E-state index in [0.717, 1.165) is 12.1 Å². The number of esters is 1. The van der Waals surface area contributed by atoms with Crippen LogP contribution in [0.4, 0.5) is 0 Å². The summed E-state index contributed by atoms with van der Waals surface area (Å²) in [6.45, 7) is 4.68. The number of ether oxygens (including phenoxy) is 5. The first-order valence-corrected chi connectivity index (χ1v) is 10.8. The summed E-state index contributed by atoms with van der Waals surface area (Å²) >= 11 is 0. The van der Waals surface area contributed by atoms with Gasteiger partial charge in [0.15, 0.2) is 17.3 Å². The van der Waals surface area contributed by atoms with Gasteiger partial charge in [-0.1, -0.05) is 0 Å². The van der Waals surface area contributed by atoms with E-state index in [0.29, 0.717) is 60.2 Å². The van der Waals surface area contributed by atoms with E-state index in [2.05, 4.69) is 4.99 Å². The van der Waals surface area contributed by atoms with Crippen LogP contribution in [0.5, 0.6) is 17.2 Å². The van der Waals surface area contributed by atoms with Gasteiger partial charge in [0.1, 0.15) is 12.5 Å². The quantitative estimate of drug-likeness (QED) is 0.424. The summed E-state index contributed by atoms with van der Waals surface area (Å²) in [5, 5.41) is 0. The van der Waals surface area contributed by atoms with Crippen molar-refractivity contribution in [3.63, 3.8) is 0 Å². The van der Waals surface area contributed by atoms with Gasteiger partial charge in [-0.3, -0.25) is 14.6 Å². The zero-order valence-corrected chi connectivity index (χ0v) is 19.4. The predicted octanol–water partition coefficient (Wildman–Crippen LogP) is 3.47. The molecule has 0 saturated carbocycles. The Morgan fingerprint density at radius 2 is 1.75 bits per heavy atom. The van der Waals surface area contributed by atoms with Crippen molar-refractivity contribution in [1.29, 1.82) is 0 Å². The Balaban J connectivity index is 2.10. The van der Waals surface area contributed by atoms with Crippen LogP contribution in [0.1, 0.15) is 44.6 Å². The van der Waals surface area contributed by atoms with Crippen LogP contribution >= 0.6 is 0 Å². The van der Waals surface area contributed by atoms with Crippen molar-refractivity contribution in [1.82, 2.24) is 0 Å². The molecular weight excluding hydrogens is 414 g/mol. The highest BCUT2D eigenvalue weighted by Crippen LogP contribution is 2.47. The summed E-state index contributed by atoms with van der Waals surface area (Å²) in [6.07, 6.45) is 1.88. The molecule has 174 valence electrons. The maximum absolute atomic E-state index is 13.2. The number of allylic oxidation sites excluding steroid dienone is 2. The molecule has 1 aromatic rings. The minimum atomic E-state index is -0.736. The molecule has 2 atom stereocenters. The van der Waals surface area contributed by atoms with Crippen molar-refractivity contribution >= 4 is 17.5 Å². The van der Waals surface area contributed by atoms with Gasteiger partial charge in [0.2, 0.25) is 5.75 Å². The fourth-order valence-corrected chi connectivity index (χ4v) is 4.39. The van der Waals surface area contributed by atoms with Gasteiger partial charge in [-0.2, -0.15) is 0 Å². The SMILES string of the molecule is CCOCCOC(=O)C1C(C)=NC2=C(C(=O)CCC2)[C@H]1c1cc(OC)c(OC)c(OC)c1. The van der Waals surface area contributed by atoms with Crippen LogP contribution in [0.15, 0.2) is 28.4 Å². The Kier molecular flexibility index (Phi) is 7.90. The van der Waals surface area contributed by atoms with E-state index in [-0.39, 0.29) is 12.4 Å². The Hall–Kier alpha value is -2.87. The Morgan fingerprint density at radius 3 is 2.34 bits per heavy atom. The monoisotopic (exact) mass is 445 g/mol. The summed E-state index contributed by atoms with van der Waals surface area (Å²) in [7, 11) is 4.59. The summed E-state index contributed by atoms with van der Waals surface area (Å²) in [5.74, 6) is -0.362. The molecule has 8 nitrogen and oxygen atoms in total. The first kappa shape index (κ1) is 23.8. The van der Waals surface area contributed by atoms with Crippen molar-refractivity contribution in [2.45, 2.75) is 39.0 Å².